The second-order valence-corrected chi connectivity index (χ2v) is 14.6. The smallest absolute Gasteiger partial charge is 0.351 e. The first-order valence-corrected chi connectivity index (χ1v) is 14.2. The average molecular weight is 484 g/mol. The minimum Gasteiger partial charge on any atom is -0.414 e. The molecule has 1 saturated heterocycles. The lowest BCUT2D eigenvalue weighted by Gasteiger charge is -2.37. The van der Waals surface area contributed by atoms with Gasteiger partial charge in [0.15, 0.2) is 8.32 Å². The number of terminal acetylenes is 1. The number of hydrogen-bond acceptors (Lipinski definition) is 6. The Bertz CT molecular complexity index is 1090. The summed E-state index contributed by atoms with van der Waals surface area (Å²) in [5.41, 5.74) is -0.0526. The van der Waals surface area contributed by atoms with Crippen LogP contribution >= 0.6 is 0 Å². The van der Waals surface area contributed by atoms with Crippen LogP contribution in [-0.4, -0.2) is 49.2 Å². The summed E-state index contributed by atoms with van der Waals surface area (Å²) in [5.74, 6) is 2.32. The summed E-state index contributed by atoms with van der Waals surface area (Å²) < 4.78 is 19.7. The average Bonchev–Trinajstić information content (AvgIpc) is 3.19. The number of amides is 1. The van der Waals surface area contributed by atoms with Crippen LogP contribution in [0.15, 0.2) is 47.4 Å². The normalized spacial score (nSPS) is 20.6. The fourth-order valence-corrected chi connectivity index (χ4v) is 4.35. The molecule has 1 amide bonds. The van der Waals surface area contributed by atoms with Crippen LogP contribution in [0.2, 0.25) is 18.1 Å². The molecule has 1 aliphatic heterocycles. The van der Waals surface area contributed by atoms with Crippen molar-refractivity contribution < 1.29 is 18.7 Å². The number of aromatic nitrogens is 2. The summed E-state index contributed by atoms with van der Waals surface area (Å²) in [6.45, 7) is 11.4. The third-order valence-corrected chi connectivity index (χ3v) is 10.9. The zero-order chi connectivity index (χ0) is 24.9. The van der Waals surface area contributed by atoms with Gasteiger partial charge in [-0.1, -0.05) is 44.9 Å². The predicted molar refractivity (Wildman–Crippen MR) is 133 cm³/mol. The van der Waals surface area contributed by atoms with Crippen molar-refractivity contribution in [1.29, 1.82) is 0 Å². The Balaban J connectivity index is 1.71. The molecular formula is C25H33N3O5Si. The summed E-state index contributed by atoms with van der Waals surface area (Å²) in [6.07, 6.45) is 6.13. The van der Waals surface area contributed by atoms with Crippen LogP contribution in [0.4, 0.5) is 5.82 Å². The van der Waals surface area contributed by atoms with E-state index in [9.17, 15) is 9.59 Å². The van der Waals surface area contributed by atoms with Gasteiger partial charge in [0.2, 0.25) is 0 Å². The Hall–Kier alpha value is -2.77. The largest absolute Gasteiger partial charge is 0.414 e. The number of hydrogen-bond donors (Lipinski definition) is 1. The zero-order valence-electron chi connectivity index (χ0n) is 20.4. The molecule has 1 fully saturated rings. The minimum absolute atomic E-state index is 0.0566. The molecule has 0 aliphatic carbocycles. The maximum atomic E-state index is 12.7. The number of benzene rings is 1. The van der Waals surface area contributed by atoms with Crippen molar-refractivity contribution in [3.63, 3.8) is 0 Å². The van der Waals surface area contributed by atoms with Gasteiger partial charge >= 0.3 is 5.69 Å². The van der Waals surface area contributed by atoms with E-state index in [1.165, 1.54) is 4.57 Å². The van der Waals surface area contributed by atoms with E-state index in [0.29, 0.717) is 18.6 Å². The molecule has 0 unspecified atom stereocenters. The molecule has 3 atom stereocenters. The van der Waals surface area contributed by atoms with Gasteiger partial charge < -0.3 is 19.2 Å². The van der Waals surface area contributed by atoms with E-state index in [4.69, 9.17) is 20.3 Å². The van der Waals surface area contributed by atoms with E-state index >= 15 is 0 Å². The summed E-state index contributed by atoms with van der Waals surface area (Å²) in [6, 6.07) is 10.3. The van der Waals surface area contributed by atoms with E-state index in [1.54, 1.807) is 36.5 Å². The highest BCUT2D eigenvalue weighted by Crippen LogP contribution is 2.38. The molecule has 1 aromatic carbocycles. The quantitative estimate of drug-likeness (QED) is 0.453. The van der Waals surface area contributed by atoms with Gasteiger partial charge in [0.1, 0.15) is 24.8 Å². The lowest BCUT2D eigenvalue weighted by atomic mass is 10.2. The van der Waals surface area contributed by atoms with Crippen molar-refractivity contribution in [3.8, 4) is 12.3 Å². The molecule has 8 nitrogen and oxygen atoms in total. The number of ether oxygens (including phenoxy) is 2. The molecule has 182 valence electrons. The molecule has 0 bridgehead atoms. The lowest BCUT2D eigenvalue weighted by Crippen LogP contribution is -2.44. The van der Waals surface area contributed by atoms with Crippen LogP contribution in [0.25, 0.3) is 0 Å². The standard InChI is InChI=1S/C25H33N3O5Si/c1-7-15-31-19-16-22(33-20(19)17-32-34(5,6)25(2,3)4)28-14-13-21(27-24(28)30)26-23(29)18-11-9-8-10-12-18/h1,8-14,19-20,22H,15-17H2,2-6H3,(H,26,27,29,30)/t19-,20+,22+/m0/s1. The number of carbonyl (C=O) groups excluding carboxylic acids is 1. The Morgan fingerprint density at radius 3 is 2.62 bits per heavy atom. The van der Waals surface area contributed by atoms with E-state index < -0.39 is 20.2 Å². The topological polar surface area (TPSA) is 91.7 Å². The summed E-state index contributed by atoms with van der Waals surface area (Å²) in [4.78, 5) is 29.1. The van der Waals surface area contributed by atoms with E-state index in [-0.39, 0.29) is 35.6 Å². The van der Waals surface area contributed by atoms with Crippen LogP contribution in [0.5, 0.6) is 0 Å². The molecule has 1 aliphatic rings. The van der Waals surface area contributed by atoms with Crippen molar-refractivity contribution in [2.45, 2.75) is 63.8 Å². The van der Waals surface area contributed by atoms with Gasteiger partial charge in [-0.3, -0.25) is 9.36 Å². The van der Waals surface area contributed by atoms with Gasteiger partial charge in [-0.05, 0) is 36.3 Å². The van der Waals surface area contributed by atoms with Crippen molar-refractivity contribution in [3.05, 3.63) is 58.6 Å². The maximum absolute atomic E-state index is 12.7. The van der Waals surface area contributed by atoms with Crippen molar-refractivity contribution in [2.75, 3.05) is 18.5 Å². The van der Waals surface area contributed by atoms with Crippen LogP contribution in [-0.2, 0) is 13.9 Å². The highest BCUT2D eigenvalue weighted by molar-refractivity contribution is 6.74. The summed E-state index contributed by atoms with van der Waals surface area (Å²) in [7, 11) is -1.99. The van der Waals surface area contributed by atoms with Gasteiger partial charge in [-0.15, -0.1) is 6.42 Å². The Kier molecular flexibility index (Phi) is 8.10. The second kappa shape index (κ2) is 10.7. The van der Waals surface area contributed by atoms with Crippen molar-refractivity contribution in [1.82, 2.24) is 9.55 Å². The first-order chi connectivity index (χ1) is 16.0. The van der Waals surface area contributed by atoms with Crippen LogP contribution in [0.3, 0.4) is 0 Å². The Morgan fingerprint density at radius 1 is 1.29 bits per heavy atom. The molecule has 2 heterocycles. The fourth-order valence-electron chi connectivity index (χ4n) is 3.34. The molecule has 1 N–H and O–H groups in total. The van der Waals surface area contributed by atoms with Crippen molar-refractivity contribution in [2.24, 2.45) is 0 Å². The Labute approximate surface area is 201 Å². The first-order valence-electron chi connectivity index (χ1n) is 11.3. The highest BCUT2D eigenvalue weighted by Gasteiger charge is 2.42. The van der Waals surface area contributed by atoms with Gasteiger partial charge in [0, 0.05) is 18.2 Å². The third kappa shape index (κ3) is 6.21. The molecule has 3 rings (SSSR count). The molecule has 0 saturated carbocycles. The zero-order valence-corrected chi connectivity index (χ0v) is 21.4. The molecular weight excluding hydrogens is 450 g/mol. The molecule has 0 spiro atoms. The van der Waals surface area contributed by atoms with Crippen LogP contribution in [0.1, 0.15) is 43.8 Å². The van der Waals surface area contributed by atoms with E-state index in [0.717, 1.165) is 0 Å². The molecule has 9 heteroatoms. The molecule has 2 aromatic rings. The monoisotopic (exact) mass is 483 g/mol. The SMILES string of the molecule is C#CCO[C@H]1C[C@H](n2ccc(NC(=O)c3ccccc3)nc2=O)O[C@@H]1CO[Si](C)(C)C(C)(C)C. The first kappa shape index (κ1) is 25.8. The minimum atomic E-state index is -1.99. The van der Waals surface area contributed by atoms with Gasteiger partial charge in [0.25, 0.3) is 5.91 Å². The molecule has 1 aromatic heterocycles. The van der Waals surface area contributed by atoms with Crippen molar-refractivity contribution >= 4 is 20.0 Å². The van der Waals surface area contributed by atoms with Crippen LogP contribution < -0.4 is 11.0 Å². The Morgan fingerprint density at radius 2 is 2.00 bits per heavy atom. The number of nitrogens with zero attached hydrogens (tertiary/aromatic N) is 2. The summed E-state index contributed by atoms with van der Waals surface area (Å²) in [5, 5.41) is 2.70. The second-order valence-electron chi connectivity index (χ2n) is 9.81. The molecule has 0 radical (unpaired) electrons. The predicted octanol–water partition coefficient (Wildman–Crippen LogP) is 3.82. The molecule has 34 heavy (non-hydrogen) atoms. The summed E-state index contributed by atoms with van der Waals surface area (Å²) >= 11 is 0. The number of anilines is 1. The lowest BCUT2D eigenvalue weighted by molar-refractivity contribution is -0.0549. The highest BCUT2D eigenvalue weighted by atomic mass is 28.4. The van der Waals surface area contributed by atoms with E-state index in [1.807, 2.05) is 6.07 Å². The van der Waals surface area contributed by atoms with E-state index in [2.05, 4.69) is 50.1 Å². The fraction of sp³-hybridized carbons (Fsp3) is 0.480. The van der Waals surface area contributed by atoms with Crippen LogP contribution in [0, 0.1) is 12.3 Å². The van der Waals surface area contributed by atoms with Gasteiger partial charge in [-0.25, -0.2) is 4.79 Å². The van der Waals surface area contributed by atoms with Gasteiger partial charge in [-0.2, -0.15) is 4.98 Å². The van der Waals surface area contributed by atoms with Gasteiger partial charge in [0.05, 0.1) is 12.7 Å². The number of rotatable bonds is 8. The maximum Gasteiger partial charge on any atom is 0.351 e. The number of carbonyl (C=O) groups is 1. The number of nitrogens with one attached hydrogen (secondary N) is 1. The third-order valence-electron chi connectivity index (χ3n) is 6.39.